The highest BCUT2D eigenvalue weighted by atomic mass is 16.1. The molecule has 0 saturated carbocycles. The molecule has 1 N–H and O–H groups in total. The summed E-state index contributed by atoms with van der Waals surface area (Å²) in [5, 5.41) is 2.63. The van der Waals surface area contributed by atoms with E-state index < -0.39 is 0 Å². The third-order valence-corrected chi connectivity index (χ3v) is 2.75. The summed E-state index contributed by atoms with van der Waals surface area (Å²) in [6.07, 6.45) is 11.7. The quantitative estimate of drug-likeness (QED) is 0.436. The molecule has 0 bridgehead atoms. The second-order valence-electron chi connectivity index (χ2n) is 4.21. The van der Waals surface area contributed by atoms with Crippen molar-refractivity contribution in [1.29, 1.82) is 0 Å². The Hall–Kier alpha value is -0.860. The minimum Gasteiger partial charge on any atom is -0.359 e. The van der Waals surface area contributed by atoms with Gasteiger partial charge >= 0.3 is 0 Å². The maximum Gasteiger partial charge on any atom is 0.219 e. The van der Waals surface area contributed by atoms with E-state index in [2.05, 4.69) is 5.32 Å². The fraction of sp³-hybridized carbons (Fsp3) is 0.846. The van der Waals surface area contributed by atoms with Crippen molar-refractivity contribution in [3.05, 3.63) is 0 Å². The number of hydrogen-bond acceptors (Lipinski definition) is 2. The predicted octanol–water partition coefficient (Wildman–Crippen LogP) is 2.83. The number of unbranched alkanes of at least 4 members (excludes halogenated alkanes) is 8. The Labute approximate surface area is 99.0 Å². The van der Waals surface area contributed by atoms with Gasteiger partial charge in [-0.25, -0.2) is 0 Å². The Morgan fingerprint density at radius 2 is 1.44 bits per heavy atom. The number of amides is 1. The van der Waals surface area contributed by atoms with E-state index in [1.54, 1.807) is 7.05 Å². The normalized spacial score (nSPS) is 10.1. The highest BCUT2D eigenvalue weighted by Gasteiger charge is 1.97. The van der Waals surface area contributed by atoms with Crippen molar-refractivity contribution in [2.45, 2.75) is 64.2 Å². The van der Waals surface area contributed by atoms with Gasteiger partial charge in [-0.1, -0.05) is 38.5 Å². The molecule has 0 heterocycles. The van der Waals surface area contributed by atoms with Crippen molar-refractivity contribution in [1.82, 2.24) is 5.32 Å². The van der Waals surface area contributed by atoms with Crippen LogP contribution in [0.25, 0.3) is 0 Å². The van der Waals surface area contributed by atoms with Gasteiger partial charge in [-0.05, 0) is 12.8 Å². The van der Waals surface area contributed by atoms with Crippen molar-refractivity contribution in [2.75, 3.05) is 7.05 Å². The number of nitrogens with one attached hydrogen (secondary N) is 1. The summed E-state index contributed by atoms with van der Waals surface area (Å²) in [6.45, 7) is 0. The molecule has 0 rings (SSSR count). The average Bonchev–Trinajstić information content (AvgIpc) is 2.31. The van der Waals surface area contributed by atoms with Crippen molar-refractivity contribution >= 4 is 12.2 Å². The van der Waals surface area contributed by atoms with Crippen LogP contribution in [-0.4, -0.2) is 19.2 Å². The molecule has 16 heavy (non-hydrogen) atoms. The van der Waals surface area contributed by atoms with E-state index in [0.717, 1.165) is 25.5 Å². The Morgan fingerprint density at radius 3 is 1.94 bits per heavy atom. The molecule has 0 aliphatic rings. The Bertz CT molecular complexity index is 181. The zero-order chi connectivity index (χ0) is 12.1. The Kier molecular flexibility index (Phi) is 11.6. The van der Waals surface area contributed by atoms with Crippen molar-refractivity contribution in [3.63, 3.8) is 0 Å². The summed E-state index contributed by atoms with van der Waals surface area (Å²) in [5.74, 6) is 0.147. The first-order chi connectivity index (χ1) is 7.81. The molecule has 0 aromatic carbocycles. The van der Waals surface area contributed by atoms with Crippen molar-refractivity contribution in [2.24, 2.45) is 0 Å². The minimum absolute atomic E-state index is 0.147. The number of carbonyl (C=O) groups excluding carboxylic acids is 2. The van der Waals surface area contributed by atoms with Crippen molar-refractivity contribution in [3.8, 4) is 0 Å². The standard InChI is InChI=1S/C13H25NO2/c1-14-13(16)11-9-7-5-3-2-4-6-8-10-12-15/h12H,2-11H2,1H3,(H,14,16). The summed E-state index contributed by atoms with van der Waals surface area (Å²) in [6, 6.07) is 0. The number of rotatable bonds is 11. The lowest BCUT2D eigenvalue weighted by atomic mass is 10.1. The minimum atomic E-state index is 0.147. The lowest BCUT2D eigenvalue weighted by molar-refractivity contribution is -0.120. The van der Waals surface area contributed by atoms with E-state index in [0.29, 0.717) is 12.8 Å². The first-order valence-electron chi connectivity index (χ1n) is 6.45. The molecule has 1 amide bonds. The van der Waals surface area contributed by atoms with Crippen LogP contribution < -0.4 is 5.32 Å². The fourth-order valence-electron chi connectivity index (χ4n) is 1.70. The molecular formula is C13H25NO2. The van der Waals surface area contributed by atoms with E-state index in [-0.39, 0.29) is 5.91 Å². The lowest BCUT2D eigenvalue weighted by Gasteiger charge is -2.01. The molecule has 3 nitrogen and oxygen atoms in total. The summed E-state index contributed by atoms with van der Waals surface area (Å²) in [4.78, 5) is 21.0. The van der Waals surface area contributed by atoms with Gasteiger partial charge in [-0.15, -0.1) is 0 Å². The summed E-state index contributed by atoms with van der Waals surface area (Å²) < 4.78 is 0. The van der Waals surface area contributed by atoms with E-state index in [1.165, 1.54) is 32.1 Å². The maximum atomic E-state index is 10.9. The van der Waals surface area contributed by atoms with Crippen LogP contribution in [0.2, 0.25) is 0 Å². The fourth-order valence-corrected chi connectivity index (χ4v) is 1.70. The van der Waals surface area contributed by atoms with Gasteiger partial charge in [-0.3, -0.25) is 4.79 Å². The largest absolute Gasteiger partial charge is 0.359 e. The first-order valence-corrected chi connectivity index (χ1v) is 6.45. The van der Waals surface area contributed by atoms with E-state index in [4.69, 9.17) is 0 Å². The van der Waals surface area contributed by atoms with Gasteiger partial charge in [0.05, 0.1) is 0 Å². The Morgan fingerprint density at radius 1 is 0.938 bits per heavy atom. The van der Waals surface area contributed by atoms with Crippen LogP contribution in [-0.2, 0) is 9.59 Å². The smallest absolute Gasteiger partial charge is 0.219 e. The van der Waals surface area contributed by atoms with Crippen LogP contribution in [0.15, 0.2) is 0 Å². The summed E-state index contributed by atoms with van der Waals surface area (Å²) in [5.41, 5.74) is 0. The second kappa shape index (κ2) is 12.2. The van der Waals surface area contributed by atoms with Crippen LogP contribution in [0.1, 0.15) is 64.2 Å². The molecular weight excluding hydrogens is 202 g/mol. The molecule has 0 aromatic rings. The summed E-state index contributed by atoms with van der Waals surface area (Å²) in [7, 11) is 1.68. The van der Waals surface area contributed by atoms with Gasteiger partial charge < -0.3 is 10.1 Å². The monoisotopic (exact) mass is 227 g/mol. The molecule has 0 atom stereocenters. The average molecular weight is 227 g/mol. The highest BCUT2D eigenvalue weighted by Crippen LogP contribution is 2.10. The number of aldehydes is 1. The lowest BCUT2D eigenvalue weighted by Crippen LogP contribution is -2.16. The molecule has 0 unspecified atom stereocenters. The van der Waals surface area contributed by atoms with Crippen molar-refractivity contribution < 1.29 is 9.59 Å². The van der Waals surface area contributed by atoms with Gasteiger partial charge in [0, 0.05) is 19.9 Å². The van der Waals surface area contributed by atoms with Gasteiger partial charge in [0.1, 0.15) is 6.29 Å². The van der Waals surface area contributed by atoms with Crippen LogP contribution in [0.5, 0.6) is 0 Å². The van der Waals surface area contributed by atoms with Crippen LogP contribution in [0.4, 0.5) is 0 Å². The highest BCUT2D eigenvalue weighted by molar-refractivity contribution is 5.75. The maximum absolute atomic E-state index is 10.9. The van der Waals surface area contributed by atoms with Gasteiger partial charge in [0.2, 0.25) is 5.91 Å². The molecule has 0 aromatic heterocycles. The summed E-state index contributed by atoms with van der Waals surface area (Å²) >= 11 is 0. The van der Waals surface area contributed by atoms with E-state index in [1.807, 2.05) is 0 Å². The van der Waals surface area contributed by atoms with Crippen LogP contribution in [0.3, 0.4) is 0 Å². The molecule has 0 aliphatic carbocycles. The topological polar surface area (TPSA) is 46.2 Å². The van der Waals surface area contributed by atoms with E-state index in [9.17, 15) is 9.59 Å². The number of carbonyl (C=O) groups is 2. The van der Waals surface area contributed by atoms with Gasteiger partial charge in [-0.2, -0.15) is 0 Å². The SMILES string of the molecule is CNC(=O)CCCCCCCCCCC=O. The van der Waals surface area contributed by atoms with Gasteiger partial charge in [0.25, 0.3) is 0 Å². The third kappa shape index (κ3) is 11.2. The first kappa shape index (κ1) is 15.1. The Balaban J connectivity index is 2.98. The molecule has 0 aliphatic heterocycles. The predicted molar refractivity (Wildman–Crippen MR) is 66.3 cm³/mol. The molecule has 0 fully saturated rings. The third-order valence-electron chi connectivity index (χ3n) is 2.75. The molecule has 3 heteroatoms. The van der Waals surface area contributed by atoms with Gasteiger partial charge in [0.15, 0.2) is 0 Å². The zero-order valence-corrected chi connectivity index (χ0v) is 10.5. The number of hydrogen-bond donors (Lipinski definition) is 1. The van der Waals surface area contributed by atoms with Crippen LogP contribution >= 0.6 is 0 Å². The molecule has 94 valence electrons. The second-order valence-corrected chi connectivity index (χ2v) is 4.21. The van der Waals surface area contributed by atoms with Crippen LogP contribution in [0, 0.1) is 0 Å². The molecule has 0 radical (unpaired) electrons. The molecule has 0 saturated heterocycles. The zero-order valence-electron chi connectivity index (χ0n) is 10.5. The van der Waals surface area contributed by atoms with E-state index >= 15 is 0 Å². The molecule has 0 spiro atoms.